The average Bonchev–Trinajstić information content (AvgIpc) is 3.14. The molecule has 8 heteroatoms. The van der Waals surface area contributed by atoms with E-state index in [0.29, 0.717) is 31.0 Å². The van der Waals surface area contributed by atoms with E-state index in [9.17, 15) is 19.5 Å². The van der Waals surface area contributed by atoms with Crippen LogP contribution in [0.3, 0.4) is 0 Å². The molecule has 2 unspecified atom stereocenters. The van der Waals surface area contributed by atoms with Crippen LogP contribution in [0.15, 0.2) is 12.1 Å². The van der Waals surface area contributed by atoms with Gasteiger partial charge < -0.3 is 19.3 Å². The van der Waals surface area contributed by atoms with Gasteiger partial charge in [0.1, 0.15) is 5.78 Å². The first-order valence-corrected chi connectivity index (χ1v) is 13.3. The van der Waals surface area contributed by atoms with Gasteiger partial charge in [-0.1, -0.05) is 27.7 Å². The molecule has 1 aromatic carbocycles. The summed E-state index contributed by atoms with van der Waals surface area (Å²) in [6, 6.07) is 4.35. The molecule has 1 N–H and O–H groups in total. The second kappa shape index (κ2) is 9.61. The number of Topliss-reactive ketones (excluding diaryl/α,β-unsaturated/α-hetero) is 1. The lowest BCUT2D eigenvalue weighted by molar-refractivity contribution is -0.178. The van der Waals surface area contributed by atoms with Gasteiger partial charge in [-0.25, -0.2) is 4.79 Å². The fourth-order valence-electron chi connectivity index (χ4n) is 6.78. The Kier molecular flexibility index (Phi) is 7.12. The van der Waals surface area contributed by atoms with Crippen molar-refractivity contribution in [2.24, 2.45) is 22.7 Å². The Balaban J connectivity index is 0.000000195. The van der Waals surface area contributed by atoms with Gasteiger partial charge in [0.2, 0.25) is 5.60 Å². The highest BCUT2D eigenvalue weighted by Crippen LogP contribution is 2.65. The highest BCUT2D eigenvalue weighted by atomic mass is 16.6. The summed E-state index contributed by atoms with van der Waals surface area (Å²) in [5.41, 5.74) is -0.0168. The molecule has 3 aliphatic heterocycles. The fraction of sp³-hybridized carbons (Fsp3) is 0.690. The third kappa shape index (κ3) is 4.21. The molecule has 1 aliphatic carbocycles. The smallest absolute Gasteiger partial charge is 0.348 e. The van der Waals surface area contributed by atoms with E-state index in [4.69, 9.17) is 14.2 Å². The minimum absolute atomic E-state index is 0.202. The van der Waals surface area contributed by atoms with Crippen molar-refractivity contribution in [2.75, 3.05) is 27.3 Å². The molecule has 3 heterocycles. The van der Waals surface area contributed by atoms with E-state index in [0.717, 1.165) is 37.4 Å². The largest absolute Gasteiger partial charge is 0.493 e. The van der Waals surface area contributed by atoms with Crippen molar-refractivity contribution in [3.8, 4) is 11.5 Å². The van der Waals surface area contributed by atoms with E-state index in [1.165, 1.54) is 11.1 Å². The van der Waals surface area contributed by atoms with Crippen LogP contribution in [0, 0.1) is 22.7 Å². The van der Waals surface area contributed by atoms with E-state index in [1.54, 1.807) is 35.0 Å². The van der Waals surface area contributed by atoms with Crippen LogP contribution in [-0.4, -0.2) is 60.6 Å². The van der Waals surface area contributed by atoms with Crippen LogP contribution in [-0.2, 0) is 25.5 Å². The number of fused-ring (bicyclic) bond motifs is 5. The topological polar surface area (TPSA) is 102 Å². The van der Waals surface area contributed by atoms with Gasteiger partial charge in [0.05, 0.1) is 19.6 Å². The van der Waals surface area contributed by atoms with Crippen LogP contribution in [0.1, 0.15) is 77.5 Å². The maximum atomic E-state index is 12.6. The highest BCUT2D eigenvalue weighted by Gasteiger charge is 2.76. The number of carboxylic acids is 1. The minimum Gasteiger partial charge on any atom is -0.493 e. The molecule has 0 amide bonds. The number of hydrogen-bond acceptors (Lipinski definition) is 7. The number of hydrogen-bond donors (Lipinski definition) is 1. The lowest BCUT2D eigenvalue weighted by Gasteiger charge is -2.43. The van der Waals surface area contributed by atoms with Gasteiger partial charge in [0, 0.05) is 36.9 Å². The van der Waals surface area contributed by atoms with Crippen molar-refractivity contribution < 1.29 is 33.7 Å². The Morgan fingerprint density at radius 2 is 1.78 bits per heavy atom. The molecule has 2 saturated heterocycles. The van der Waals surface area contributed by atoms with E-state index in [2.05, 4.69) is 30.9 Å². The number of piperidine rings is 1. The van der Waals surface area contributed by atoms with Gasteiger partial charge in [0.15, 0.2) is 11.5 Å². The predicted octanol–water partition coefficient (Wildman–Crippen LogP) is 4.43. The number of nitrogens with zero attached hydrogens (tertiary/aromatic N) is 1. The molecule has 1 saturated carbocycles. The molecular formula is C29H41NO7. The fourth-order valence-corrected chi connectivity index (χ4v) is 6.78. The Bertz CT molecular complexity index is 1100. The van der Waals surface area contributed by atoms with Gasteiger partial charge in [-0.15, -0.1) is 0 Å². The molecule has 5 rings (SSSR count). The Morgan fingerprint density at radius 1 is 1.14 bits per heavy atom. The third-order valence-electron chi connectivity index (χ3n) is 9.60. The zero-order valence-electron chi connectivity index (χ0n) is 23.2. The lowest BCUT2D eigenvalue weighted by Crippen LogP contribution is -2.47. The van der Waals surface area contributed by atoms with Crippen molar-refractivity contribution >= 4 is 17.7 Å². The predicted molar refractivity (Wildman–Crippen MR) is 138 cm³/mol. The second-order valence-electron chi connectivity index (χ2n) is 12.1. The summed E-state index contributed by atoms with van der Waals surface area (Å²) in [6.07, 6.45) is 3.66. The first-order chi connectivity index (χ1) is 17.3. The quantitative estimate of drug-likeness (QED) is 0.575. The molecule has 37 heavy (non-hydrogen) atoms. The summed E-state index contributed by atoms with van der Waals surface area (Å²) in [7, 11) is 3.33. The van der Waals surface area contributed by atoms with Crippen molar-refractivity contribution in [3.63, 3.8) is 0 Å². The van der Waals surface area contributed by atoms with Gasteiger partial charge in [-0.2, -0.15) is 0 Å². The summed E-state index contributed by atoms with van der Waals surface area (Å²) in [5.74, 6) is 1.34. The molecular weight excluding hydrogens is 474 g/mol. The highest BCUT2D eigenvalue weighted by molar-refractivity contribution is 5.92. The molecule has 8 nitrogen and oxygen atoms in total. The Hall–Kier alpha value is -2.61. The third-order valence-corrected chi connectivity index (χ3v) is 9.60. The zero-order valence-corrected chi connectivity index (χ0v) is 23.2. The number of ketones is 1. The number of carboxylic acid groups (broad SMARTS) is 1. The summed E-state index contributed by atoms with van der Waals surface area (Å²) < 4.78 is 16.0. The number of rotatable bonds is 5. The monoisotopic (exact) mass is 515 g/mol. The molecule has 4 atom stereocenters. The maximum absolute atomic E-state index is 12.6. The second-order valence-corrected chi connectivity index (χ2v) is 12.1. The summed E-state index contributed by atoms with van der Waals surface area (Å²) in [4.78, 5) is 37.9. The van der Waals surface area contributed by atoms with Crippen LogP contribution in [0.25, 0.3) is 0 Å². The van der Waals surface area contributed by atoms with Crippen LogP contribution < -0.4 is 9.47 Å². The molecule has 204 valence electrons. The summed E-state index contributed by atoms with van der Waals surface area (Å²) in [6.45, 7) is 11.7. The number of aliphatic carboxylic acids is 1. The van der Waals surface area contributed by atoms with Crippen molar-refractivity contribution in [1.29, 1.82) is 0 Å². The van der Waals surface area contributed by atoms with Crippen LogP contribution in [0.4, 0.5) is 0 Å². The van der Waals surface area contributed by atoms with E-state index >= 15 is 0 Å². The molecule has 2 bridgehead atoms. The van der Waals surface area contributed by atoms with E-state index in [-0.39, 0.29) is 17.9 Å². The Morgan fingerprint density at radius 3 is 2.27 bits per heavy atom. The number of carbonyl (C=O) groups is 3. The van der Waals surface area contributed by atoms with Crippen LogP contribution in [0.5, 0.6) is 11.5 Å². The van der Waals surface area contributed by atoms with Gasteiger partial charge >= 0.3 is 11.9 Å². The van der Waals surface area contributed by atoms with Crippen molar-refractivity contribution in [3.05, 3.63) is 23.3 Å². The van der Waals surface area contributed by atoms with Crippen molar-refractivity contribution in [2.45, 2.75) is 78.4 Å². The first kappa shape index (κ1) is 27.4. The molecule has 1 aromatic rings. The van der Waals surface area contributed by atoms with Crippen LogP contribution in [0.2, 0.25) is 0 Å². The van der Waals surface area contributed by atoms with Gasteiger partial charge in [0.25, 0.3) is 0 Å². The van der Waals surface area contributed by atoms with Crippen molar-refractivity contribution in [1.82, 2.24) is 4.90 Å². The van der Waals surface area contributed by atoms with Gasteiger partial charge in [-0.05, 0) is 61.8 Å². The van der Waals surface area contributed by atoms with Crippen LogP contribution >= 0.6 is 0 Å². The summed E-state index contributed by atoms with van der Waals surface area (Å²) in [5, 5.41) is 9.18. The number of carbonyl (C=O) groups excluding carboxylic acids is 2. The molecule has 3 fully saturated rings. The molecule has 0 spiro atoms. The number of benzene rings is 1. The standard InChI is InChI=1S/C19H27NO3.C10H14O4/c1-12(2)7-14-11-20-6-5-13-8-18(22-3)19(23-4)9-15(13)16(20)10-17(14)21;1-8(2)9(3)4-5-10(8,6(11)12)14-7(9)13/h8-9,12,14,16H,5-7,10-11H2,1-4H3;4-5H2,1-3H3,(H,11,12)/t14-,16-;/m0./s1. The zero-order chi connectivity index (χ0) is 27.3. The average molecular weight is 516 g/mol. The molecule has 4 aliphatic rings. The number of ether oxygens (including phenoxy) is 3. The normalized spacial score (nSPS) is 31.7. The van der Waals surface area contributed by atoms with Gasteiger partial charge in [-0.3, -0.25) is 14.5 Å². The molecule has 0 radical (unpaired) electrons. The molecule has 0 aromatic heterocycles. The Labute approximate surface area is 219 Å². The first-order valence-electron chi connectivity index (χ1n) is 13.3. The lowest BCUT2D eigenvalue weighted by atomic mass is 9.66. The number of methoxy groups -OCH3 is 2. The van der Waals surface area contributed by atoms with E-state index in [1.807, 2.05) is 0 Å². The number of esters is 1. The van der Waals surface area contributed by atoms with E-state index < -0.39 is 22.4 Å². The minimum atomic E-state index is -1.29. The SMILES string of the molecule is CC12CCC(C(=O)O)(OC1=O)C2(C)C.COc1cc2c(cc1OC)[C@@H]1CC(=O)[C@@H](CC(C)C)CN1CC2. The maximum Gasteiger partial charge on any atom is 0.348 e. The summed E-state index contributed by atoms with van der Waals surface area (Å²) >= 11 is 0.